The van der Waals surface area contributed by atoms with Crippen molar-refractivity contribution >= 4 is 17.0 Å². The Labute approximate surface area is 112 Å². The molecule has 0 amide bonds. The molecule has 1 atom stereocenters. The Morgan fingerprint density at radius 1 is 1.39 bits per heavy atom. The van der Waals surface area contributed by atoms with Gasteiger partial charge in [-0.15, -0.1) is 11.3 Å². The standard InChI is InChI=1S/C14H18N2OS/c1-10-5-6-11(17-2)8-12(10)16-13(9-15)14-4-3-7-18-14/h3-8,13,16H,9,15H2,1-2H3. The van der Waals surface area contributed by atoms with Gasteiger partial charge in [-0.2, -0.15) is 0 Å². The van der Waals surface area contributed by atoms with Gasteiger partial charge in [0.2, 0.25) is 0 Å². The molecule has 0 saturated heterocycles. The zero-order chi connectivity index (χ0) is 13.0. The van der Waals surface area contributed by atoms with Crippen molar-refractivity contribution in [2.45, 2.75) is 13.0 Å². The average molecular weight is 262 g/mol. The molecule has 0 bridgehead atoms. The Morgan fingerprint density at radius 2 is 2.22 bits per heavy atom. The molecule has 0 fully saturated rings. The van der Waals surface area contributed by atoms with Crippen LogP contribution in [0.5, 0.6) is 5.75 Å². The van der Waals surface area contributed by atoms with Crippen LogP contribution in [0.1, 0.15) is 16.5 Å². The van der Waals surface area contributed by atoms with Crippen molar-refractivity contribution in [1.29, 1.82) is 0 Å². The van der Waals surface area contributed by atoms with Gasteiger partial charge in [-0.05, 0) is 30.0 Å². The van der Waals surface area contributed by atoms with Gasteiger partial charge in [0.05, 0.1) is 13.2 Å². The van der Waals surface area contributed by atoms with Gasteiger partial charge in [0.1, 0.15) is 5.75 Å². The van der Waals surface area contributed by atoms with E-state index in [-0.39, 0.29) is 6.04 Å². The number of methoxy groups -OCH3 is 1. The molecule has 96 valence electrons. The fraction of sp³-hybridized carbons (Fsp3) is 0.286. The van der Waals surface area contributed by atoms with Crippen molar-refractivity contribution < 1.29 is 4.74 Å². The normalized spacial score (nSPS) is 12.2. The van der Waals surface area contributed by atoms with E-state index in [4.69, 9.17) is 10.5 Å². The number of aryl methyl sites for hydroxylation is 1. The summed E-state index contributed by atoms with van der Waals surface area (Å²) in [6, 6.07) is 10.3. The molecule has 0 spiro atoms. The molecule has 1 aromatic carbocycles. The Bertz CT molecular complexity index is 497. The first-order valence-electron chi connectivity index (χ1n) is 5.89. The fourth-order valence-electron chi connectivity index (χ4n) is 1.81. The molecule has 2 aromatic rings. The number of rotatable bonds is 5. The molecule has 0 aliphatic carbocycles. The van der Waals surface area contributed by atoms with E-state index in [0.29, 0.717) is 6.54 Å². The van der Waals surface area contributed by atoms with E-state index in [1.165, 1.54) is 10.4 Å². The molecule has 3 N–H and O–H groups in total. The predicted molar refractivity (Wildman–Crippen MR) is 77.5 cm³/mol. The number of anilines is 1. The van der Waals surface area contributed by atoms with E-state index >= 15 is 0 Å². The van der Waals surface area contributed by atoms with Crippen LogP contribution in [0, 0.1) is 6.92 Å². The molecule has 0 radical (unpaired) electrons. The number of benzene rings is 1. The smallest absolute Gasteiger partial charge is 0.120 e. The molecule has 0 aliphatic rings. The maximum atomic E-state index is 5.85. The minimum atomic E-state index is 0.149. The minimum Gasteiger partial charge on any atom is -0.497 e. The molecular formula is C14H18N2OS. The summed E-state index contributed by atoms with van der Waals surface area (Å²) in [5.74, 6) is 0.852. The van der Waals surface area contributed by atoms with Crippen molar-refractivity contribution in [3.05, 3.63) is 46.2 Å². The summed E-state index contributed by atoms with van der Waals surface area (Å²) >= 11 is 1.72. The highest BCUT2D eigenvalue weighted by molar-refractivity contribution is 7.10. The lowest BCUT2D eigenvalue weighted by Crippen LogP contribution is -2.20. The molecule has 1 unspecified atom stereocenters. The Hall–Kier alpha value is -1.52. The van der Waals surface area contributed by atoms with Gasteiger partial charge in [0, 0.05) is 23.2 Å². The van der Waals surface area contributed by atoms with E-state index < -0.39 is 0 Å². The lowest BCUT2D eigenvalue weighted by molar-refractivity contribution is 0.415. The van der Waals surface area contributed by atoms with Crippen molar-refractivity contribution in [2.75, 3.05) is 19.0 Å². The summed E-state index contributed by atoms with van der Waals surface area (Å²) in [5, 5.41) is 5.55. The second kappa shape index (κ2) is 5.89. The summed E-state index contributed by atoms with van der Waals surface area (Å²) in [4.78, 5) is 1.25. The van der Waals surface area contributed by atoms with Gasteiger partial charge in [0.15, 0.2) is 0 Å². The van der Waals surface area contributed by atoms with Crippen molar-refractivity contribution in [3.63, 3.8) is 0 Å². The minimum absolute atomic E-state index is 0.149. The quantitative estimate of drug-likeness (QED) is 0.870. The molecule has 0 saturated carbocycles. The number of nitrogens with one attached hydrogen (secondary N) is 1. The van der Waals surface area contributed by atoms with Crippen LogP contribution in [0.15, 0.2) is 35.7 Å². The molecule has 4 heteroatoms. The molecule has 2 rings (SSSR count). The van der Waals surface area contributed by atoms with E-state index in [2.05, 4.69) is 23.7 Å². The van der Waals surface area contributed by atoms with E-state index in [1.807, 2.05) is 24.3 Å². The number of ether oxygens (including phenoxy) is 1. The van der Waals surface area contributed by atoms with Crippen molar-refractivity contribution in [2.24, 2.45) is 5.73 Å². The number of hydrogen-bond acceptors (Lipinski definition) is 4. The highest BCUT2D eigenvalue weighted by Crippen LogP contribution is 2.27. The topological polar surface area (TPSA) is 47.3 Å². The lowest BCUT2D eigenvalue weighted by Gasteiger charge is -2.19. The van der Waals surface area contributed by atoms with Crippen molar-refractivity contribution in [3.8, 4) is 5.75 Å². The van der Waals surface area contributed by atoms with Gasteiger partial charge in [-0.1, -0.05) is 12.1 Å². The summed E-state index contributed by atoms with van der Waals surface area (Å²) < 4.78 is 5.25. The van der Waals surface area contributed by atoms with Gasteiger partial charge in [-0.3, -0.25) is 0 Å². The van der Waals surface area contributed by atoms with Crippen LogP contribution in [0.3, 0.4) is 0 Å². The van der Waals surface area contributed by atoms with E-state index in [9.17, 15) is 0 Å². The lowest BCUT2D eigenvalue weighted by atomic mass is 10.1. The predicted octanol–water partition coefficient (Wildman–Crippen LogP) is 3.18. The zero-order valence-electron chi connectivity index (χ0n) is 10.6. The van der Waals surface area contributed by atoms with Crippen LogP contribution in [-0.4, -0.2) is 13.7 Å². The van der Waals surface area contributed by atoms with Crippen LogP contribution in [0.2, 0.25) is 0 Å². The fourth-order valence-corrected chi connectivity index (χ4v) is 2.60. The number of hydrogen-bond donors (Lipinski definition) is 2. The molecular weight excluding hydrogens is 244 g/mol. The summed E-state index contributed by atoms with van der Waals surface area (Å²) in [6.07, 6.45) is 0. The molecule has 0 aliphatic heterocycles. The highest BCUT2D eigenvalue weighted by atomic mass is 32.1. The maximum Gasteiger partial charge on any atom is 0.120 e. The largest absolute Gasteiger partial charge is 0.497 e. The monoisotopic (exact) mass is 262 g/mol. The third-order valence-electron chi connectivity index (χ3n) is 2.90. The SMILES string of the molecule is COc1ccc(C)c(NC(CN)c2cccs2)c1. The maximum absolute atomic E-state index is 5.85. The first kappa shape index (κ1) is 12.9. The molecule has 3 nitrogen and oxygen atoms in total. The highest BCUT2D eigenvalue weighted by Gasteiger charge is 2.12. The van der Waals surface area contributed by atoms with Gasteiger partial charge in [-0.25, -0.2) is 0 Å². The molecule has 1 heterocycles. The van der Waals surface area contributed by atoms with E-state index in [0.717, 1.165) is 11.4 Å². The van der Waals surface area contributed by atoms with Gasteiger partial charge < -0.3 is 15.8 Å². The van der Waals surface area contributed by atoms with Crippen LogP contribution in [0.4, 0.5) is 5.69 Å². The van der Waals surface area contributed by atoms with Gasteiger partial charge >= 0.3 is 0 Å². The zero-order valence-corrected chi connectivity index (χ0v) is 11.5. The first-order valence-corrected chi connectivity index (χ1v) is 6.77. The van der Waals surface area contributed by atoms with Crippen molar-refractivity contribution in [1.82, 2.24) is 0 Å². The van der Waals surface area contributed by atoms with Crippen LogP contribution in [-0.2, 0) is 0 Å². The molecule has 1 aromatic heterocycles. The first-order chi connectivity index (χ1) is 8.74. The number of thiophene rings is 1. The third-order valence-corrected chi connectivity index (χ3v) is 3.88. The third kappa shape index (κ3) is 2.83. The average Bonchev–Trinajstić information content (AvgIpc) is 2.91. The summed E-state index contributed by atoms with van der Waals surface area (Å²) in [7, 11) is 1.67. The van der Waals surface area contributed by atoms with E-state index in [1.54, 1.807) is 18.4 Å². The Kier molecular flexibility index (Phi) is 4.23. The number of nitrogens with two attached hydrogens (primary N) is 1. The van der Waals surface area contributed by atoms with Crippen LogP contribution in [0.25, 0.3) is 0 Å². The van der Waals surface area contributed by atoms with Crippen LogP contribution >= 0.6 is 11.3 Å². The van der Waals surface area contributed by atoms with Gasteiger partial charge in [0.25, 0.3) is 0 Å². The second-order valence-corrected chi connectivity index (χ2v) is 5.11. The summed E-state index contributed by atoms with van der Waals surface area (Å²) in [6.45, 7) is 2.64. The molecule has 18 heavy (non-hydrogen) atoms. The Balaban J connectivity index is 2.21. The van der Waals surface area contributed by atoms with Crippen LogP contribution < -0.4 is 15.8 Å². The Morgan fingerprint density at radius 3 is 2.83 bits per heavy atom. The second-order valence-electron chi connectivity index (χ2n) is 4.13. The summed E-state index contributed by atoms with van der Waals surface area (Å²) in [5.41, 5.74) is 8.10.